The number of aliphatic imine (C=N–C) groups is 1. The van der Waals surface area contributed by atoms with E-state index in [2.05, 4.69) is 10.2 Å². The van der Waals surface area contributed by atoms with Gasteiger partial charge in [-0.3, -0.25) is 4.99 Å². The van der Waals surface area contributed by atoms with E-state index < -0.39 is 0 Å². The van der Waals surface area contributed by atoms with Crippen molar-refractivity contribution in [2.75, 3.05) is 19.6 Å². The fraction of sp³-hybridized carbons (Fsp3) is 0.929. The standard InChI is InChI=1S/C14H23N3S/c1-2-12-8-11(5-7-17(12)6-1)16-14-15-9-13(18-14)10-3-4-10/h10-13H,1-9H2,(H,15,16). The number of amidine groups is 1. The molecule has 1 N–H and O–H groups in total. The molecule has 3 aliphatic heterocycles. The molecule has 3 heterocycles. The molecule has 4 aliphatic rings. The molecule has 1 saturated carbocycles. The summed E-state index contributed by atoms with van der Waals surface area (Å²) < 4.78 is 0. The molecular weight excluding hydrogens is 242 g/mol. The molecule has 3 atom stereocenters. The Labute approximate surface area is 114 Å². The van der Waals surface area contributed by atoms with E-state index >= 15 is 0 Å². The number of piperidine rings is 1. The minimum atomic E-state index is 0.688. The molecule has 0 aromatic heterocycles. The van der Waals surface area contributed by atoms with Crippen LogP contribution in [0, 0.1) is 5.92 Å². The largest absolute Gasteiger partial charge is 0.362 e. The number of hydrogen-bond donors (Lipinski definition) is 1. The quantitative estimate of drug-likeness (QED) is 0.828. The second-order valence-corrected chi connectivity index (χ2v) is 7.57. The fourth-order valence-corrected chi connectivity index (χ4v) is 5.00. The highest BCUT2D eigenvalue weighted by molar-refractivity contribution is 8.14. The van der Waals surface area contributed by atoms with Gasteiger partial charge in [-0.25, -0.2) is 0 Å². The van der Waals surface area contributed by atoms with Gasteiger partial charge in [-0.15, -0.1) is 0 Å². The Morgan fingerprint density at radius 1 is 1.17 bits per heavy atom. The Hall–Kier alpha value is -0.220. The zero-order valence-corrected chi connectivity index (χ0v) is 11.8. The third-order valence-corrected chi connectivity index (χ3v) is 6.28. The Balaban J connectivity index is 1.30. The van der Waals surface area contributed by atoms with Crippen molar-refractivity contribution in [3.05, 3.63) is 0 Å². The van der Waals surface area contributed by atoms with E-state index in [0.29, 0.717) is 6.04 Å². The number of fused-ring (bicyclic) bond motifs is 1. The zero-order chi connectivity index (χ0) is 11.9. The first-order valence-corrected chi connectivity index (χ1v) is 8.48. The van der Waals surface area contributed by atoms with Gasteiger partial charge in [-0.1, -0.05) is 11.8 Å². The van der Waals surface area contributed by atoms with Crippen LogP contribution < -0.4 is 5.32 Å². The molecule has 2 saturated heterocycles. The summed E-state index contributed by atoms with van der Waals surface area (Å²) in [6.07, 6.45) is 8.37. The van der Waals surface area contributed by atoms with Crippen LogP contribution in [0.1, 0.15) is 38.5 Å². The number of thioether (sulfide) groups is 1. The van der Waals surface area contributed by atoms with Crippen molar-refractivity contribution < 1.29 is 0 Å². The van der Waals surface area contributed by atoms with Crippen LogP contribution in [0.5, 0.6) is 0 Å². The van der Waals surface area contributed by atoms with Crippen LogP contribution >= 0.6 is 11.8 Å². The molecule has 0 amide bonds. The molecule has 3 fully saturated rings. The van der Waals surface area contributed by atoms with Crippen LogP contribution in [0.2, 0.25) is 0 Å². The molecule has 0 bridgehead atoms. The molecule has 0 spiro atoms. The summed E-state index contributed by atoms with van der Waals surface area (Å²) in [5.74, 6) is 0.981. The number of rotatable bonds is 2. The molecule has 100 valence electrons. The van der Waals surface area contributed by atoms with Gasteiger partial charge in [0, 0.05) is 23.9 Å². The third-order valence-electron chi connectivity index (χ3n) is 4.97. The molecule has 1 aliphatic carbocycles. The summed E-state index contributed by atoms with van der Waals surface area (Å²) in [5.41, 5.74) is 0. The smallest absolute Gasteiger partial charge is 0.157 e. The maximum atomic E-state index is 4.71. The molecule has 0 aromatic carbocycles. The van der Waals surface area contributed by atoms with E-state index in [1.807, 2.05) is 11.8 Å². The Morgan fingerprint density at radius 3 is 3.00 bits per heavy atom. The minimum absolute atomic E-state index is 0.688. The van der Waals surface area contributed by atoms with Gasteiger partial charge in [0.2, 0.25) is 0 Å². The van der Waals surface area contributed by atoms with Crippen molar-refractivity contribution in [2.45, 2.75) is 55.9 Å². The molecular formula is C14H23N3S. The van der Waals surface area contributed by atoms with E-state index in [9.17, 15) is 0 Å². The number of hydrogen-bond acceptors (Lipinski definition) is 4. The molecule has 18 heavy (non-hydrogen) atoms. The fourth-order valence-electron chi connectivity index (χ4n) is 3.71. The lowest BCUT2D eigenvalue weighted by Gasteiger charge is -2.35. The van der Waals surface area contributed by atoms with Crippen LogP contribution in [0.3, 0.4) is 0 Å². The van der Waals surface area contributed by atoms with Crippen molar-refractivity contribution >= 4 is 16.9 Å². The van der Waals surface area contributed by atoms with Crippen molar-refractivity contribution in [3.8, 4) is 0 Å². The second kappa shape index (κ2) is 4.71. The van der Waals surface area contributed by atoms with Gasteiger partial charge >= 0.3 is 0 Å². The van der Waals surface area contributed by atoms with E-state index in [0.717, 1.165) is 23.8 Å². The predicted molar refractivity (Wildman–Crippen MR) is 77.2 cm³/mol. The van der Waals surface area contributed by atoms with Crippen LogP contribution in [-0.4, -0.2) is 47.0 Å². The topological polar surface area (TPSA) is 27.6 Å². The predicted octanol–water partition coefficient (Wildman–Crippen LogP) is 2.08. The molecule has 0 aromatic rings. The molecule has 3 unspecified atom stereocenters. The van der Waals surface area contributed by atoms with E-state index in [1.165, 1.54) is 56.8 Å². The summed E-state index contributed by atoms with van der Waals surface area (Å²) in [5, 5.41) is 5.79. The highest BCUT2D eigenvalue weighted by Crippen LogP contribution is 2.41. The SMILES string of the molecule is C1CC2CC(NC3=NCC(C4CC4)S3)CCN2C1. The first kappa shape index (κ1) is 11.6. The average molecular weight is 265 g/mol. The zero-order valence-electron chi connectivity index (χ0n) is 11.0. The van der Waals surface area contributed by atoms with E-state index in [-0.39, 0.29) is 0 Å². The summed E-state index contributed by atoms with van der Waals surface area (Å²) in [6, 6.07) is 1.55. The lowest BCUT2D eigenvalue weighted by Crippen LogP contribution is -2.46. The summed E-state index contributed by atoms with van der Waals surface area (Å²) in [6.45, 7) is 3.71. The lowest BCUT2D eigenvalue weighted by atomic mass is 9.98. The first-order chi connectivity index (χ1) is 8.88. The third kappa shape index (κ3) is 2.29. The van der Waals surface area contributed by atoms with Gasteiger partial charge in [0.25, 0.3) is 0 Å². The van der Waals surface area contributed by atoms with Gasteiger partial charge in [0.05, 0.1) is 6.54 Å². The lowest BCUT2D eigenvalue weighted by molar-refractivity contribution is 0.175. The monoisotopic (exact) mass is 265 g/mol. The number of nitrogens with one attached hydrogen (secondary N) is 1. The van der Waals surface area contributed by atoms with Crippen LogP contribution in [-0.2, 0) is 0 Å². The Kier molecular flexibility index (Phi) is 3.03. The maximum Gasteiger partial charge on any atom is 0.157 e. The summed E-state index contributed by atoms with van der Waals surface area (Å²) >= 11 is 2.03. The van der Waals surface area contributed by atoms with E-state index in [1.54, 1.807) is 0 Å². The molecule has 4 rings (SSSR count). The average Bonchev–Trinajstić information content (AvgIpc) is 2.95. The second-order valence-electron chi connectivity index (χ2n) is 6.34. The van der Waals surface area contributed by atoms with Gasteiger partial charge in [0.1, 0.15) is 0 Å². The van der Waals surface area contributed by atoms with Crippen LogP contribution in [0.25, 0.3) is 0 Å². The summed E-state index contributed by atoms with van der Waals surface area (Å²) in [7, 11) is 0. The molecule has 3 nitrogen and oxygen atoms in total. The van der Waals surface area contributed by atoms with Gasteiger partial charge < -0.3 is 10.2 Å². The van der Waals surface area contributed by atoms with Crippen LogP contribution in [0.15, 0.2) is 4.99 Å². The van der Waals surface area contributed by atoms with Gasteiger partial charge in [-0.05, 0) is 51.0 Å². The van der Waals surface area contributed by atoms with Gasteiger partial charge in [-0.2, -0.15) is 0 Å². The number of nitrogens with zero attached hydrogens (tertiary/aromatic N) is 2. The van der Waals surface area contributed by atoms with E-state index in [4.69, 9.17) is 4.99 Å². The maximum absolute atomic E-state index is 4.71. The van der Waals surface area contributed by atoms with Crippen molar-refractivity contribution in [1.29, 1.82) is 0 Å². The minimum Gasteiger partial charge on any atom is -0.362 e. The Morgan fingerprint density at radius 2 is 2.11 bits per heavy atom. The molecule has 0 radical (unpaired) electrons. The summed E-state index contributed by atoms with van der Waals surface area (Å²) in [4.78, 5) is 7.40. The van der Waals surface area contributed by atoms with Crippen LogP contribution in [0.4, 0.5) is 0 Å². The highest BCUT2D eigenvalue weighted by atomic mass is 32.2. The van der Waals surface area contributed by atoms with Crippen molar-refractivity contribution in [1.82, 2.24) is 10.2 Å². The highest BCUT2D eigenvalue weighted by Gasteiger charge is 2.37. The first-order valence-electron chi connectivity index (χ1n) is 7.60. The Bertz CT molecular complexity index is 353. The van der Waals surface area contributed by atoms with Crippen molar-refractivity contribution in [2.24, 2.45) is 10.9 Å². The van der Waals surface area contributed by atoms with Crippen molar-refractivity contribution in [3.63, 3.8) is 0 Å². The molecule has 4 heteroatoms. The normalized spacial score (nSPS) is 40.7. The van der Waals surface area contributed by atoms with Gasteiger partial charge in [0.15, 0.2) is 5.17 Å².